The Balaban J connectivity index is 1.67. The van der Waals surface area contributed by atoms with Gasteiger partial charge < -0.3 is 19.5 Å². The molecule has 9 heteroatoms. The van der Waals surface area contributed by atoms with Gasteiger partial charge in [0.05, 0.1) is 30.0 Å². The molecule has 0 radical (unpaired) electrons. The number of amides is 1. The Morgan fingerprint density at radius 3 is 2.48 bits per heavy atom. The first-order valence-electron chi connectivity index (χ1n) is 8.83. The minimum atomic E-state index is -4.63. The highest BCUT2D eigenvalue weighted by atomic mass is 19.4. The average Bonchev–Trinajstić information content (AvgIpc) is 2.92. The first-order chi connectivity index (χ1) is 13.8. The molecular weight excluding hydrogens is 391 g/mol. The van der Waals surface area contributed by atoms with Crippen LogP contribution in [-0.4, -0.2) is 31.2 Å². The second-order valence-electron chi connectivity index (χ2n) is 6.29. The van der Waals surface area contributed by atoms with E-state index in [-0.39, 0.29) is 5.56 Å². The topological polar surface area (TPSA) is 73.9 Å². The molecule has 0 fully saturated rings. The fraction of sp³-hybridized carbons (Fsp3) is 0.300. The number of esters is 1. The van der Waals surface area contributed by atoms with Gasteiger partial charge >= 0.3 is 12.1 Å². The van der Waals surface area contributed by atoms with Crippen LogP contribution in [0.15, 0.2) is 42.5 Å². The monoisotopic (exact) mass is 409 g/mol. The number of nitrogens with one attached hydrogen (secondary N) is 1. The Morgan fingerprint density at radius 1 is 1.07 bits per heavy atom. The Labute approximate surface area is 164 Å². The Kier molecular flexibility index (Phi) is 5.95. The van der Waals surface area contributed by atoms with Crippen molar-refractivity contribution in [2.45, 2.75) is 25.6 Å². The number of hydrogen-bond acceptors (Lipinski definition) is 5. The van der Waals surface area contributed by atoms with Gasteiger partial charge in [0.2, 0.25) is 0 Å². The van der Waals surface area contributed by atoms with Crippen LogP contribution < -0.4 is 14.8 Å². The highest BCUT2D eigenvalue weighted by molar-refractivity contribution is 5.98. The summed E-state index contributed by atoms with van der Waals surface area (Å²) in [6, 6.07) is 9.00. The van der Waals surface area contributed by atoms with Gasteiger partial charge in [0.1, 0.15) is 0 Å². The van der Waals surface area contributed by atoms with Crippen LogP contribution in [0.4, 0.5) is 18.9 Å². The Hall–Kier alpha value is -3.23. The van der Waals surface area contributed by atoms with Crippen LogP contribution >= 0.6 is 0 Å². The number of benzene rings is 2. The lowest BCUT2D eigenvalue weighted by Gasteiger charge is -2.17. The van der Waals surface area contributed by atoms with Crippen LogP contribution in [0, 0.1) is 0 Å². The maximum atomic E-state index is 13.0. The van der Waals surface area contributed by atoms with E-state index in [1.165, 1.54) is 31.2 Å². The van der Waals surface area contributed by atoms with Gasteiger partial charge in [-0.3, -0.25) is 4.79 Å². The first-order valence-corrected chi connectivity index (χ1v) is 8.83. The van der Waals surface area contributed by atoms with Gasteiger partial charge in [-0.05, 0) is 37.3 Å². The molecule has 1 aliphatic heterocycles. The Morgan fingerprint density at radius 2 is 1.76 bits per heavy atom. The standard InChI is InChI=1S/C20H18F3NO5/c1-12(18(25)24-15-6-3-2-5-14(15)20(21,22)23)29-19(26)13-7-8-16-17(11-13)28-10-4-9-27-16/h2-3,5-8,11-12H,4,9-10H2,1H3,(H,24,25). The lowest BCUT2D eigenvalue weighted by Crippen LogP contribution is -2.30. The molecule has 0 aromatic heterocycles. The van der Waals surface area contributed by atoms with Crippen LogP contribution in [0.5, 0.6) is 11.5 Å². The third-order valence-electron chi connectivity index (χ3n) is 4.13. The minimum absolute atomic E-state index is 0.129. The molecule has 0 saturated heterocycles. The summed E-state index contributed by atoms with van der Waals surface area (Å²) < 4.78 is 55.2. The van der Waals surface area contributed by atoms with Crippen molar-refractivity contribution in [3.05, 3.63) is 53.6 Å². The number of carbonyl (C=O) groups is 2. The molecule has 29 heavy (non-hydrogen) atoms. The van der Waals surface area contributed by atoms with Crippen LogP contribution in [0.2, 0.25) is 0 Å². The van der Waals surface area contributed by atoms with E-state index in [1.807, 2.05) is 0 Å². The minimum Gasteiger partial charge on any atom is -0.490 e. The maximum absolute atomic E-state index is 13.0. The molecule has 1 N–H and O–H groups in total. The first kappa shape index (κ1) is 20.5. The number of fused-ring (bicyclic) bond motifs is 1. The van der Waals surface area contributed by atoms with E-state index in [1.54, 1.807) is 6.07 Å². The van der Waals surface area contributed by atoms with Crippen molar-refractivity contribution >= 4 is 17.6 Å². The van der Waals surface area contributed by atoms with Gasteiger partial charge in [-0.25, -0.2) is 4.79 Å². The predicted molar refractivity (Wildman–Crippen MR) is 97.0 cm³/mol. The zero-order valence-electron chi connectivity index (χ0n) is 15.4. The molecule has 1 atom stereocenters. The molecule has 154 valence electrons. The number of halogens is 3. The number of anilines is 1. The number of alkyl halides is 3. The van der Waals surface area contributed by atoms with Crippen molar-refractivity contribution in [2.24, 2.45) is 0 Å². The number of ether oxygens (including phenoxy) is 3. The molecule has 1 heterocycles. The zero-order valence-corrected chi connectivity index (χ0v) is 15.4. The van der Waals surface area contributed by atoms with E-state index in [4.69, 9.17) is 14.2 Å². The third-order valence-corrected chi connectivity index (χ3v) is 4.13. The Bertz CT molecular complexity index is 913. The summed E-state index contributed by atoms with van der Waals surface area (Å²) in [5, 5.41) is 2.15. The van der Waals surface area contributed by atoms with Gasteiger partial charge in [-0.1, -0.05) is 12.1 Å². The van der Waals surface area contributed by atoms with Crippen LogP contribution in [-0.2, 0) is 15.7 Å². The normalized spacial score (nSPS) is 14.5. The number of rotatable bonds is 4. The molecule has 3 rings (SSSR count). The van der Waals surface area contributed by atoms with Gasteiger partial charge in [-0.15, -0.1) is 0 Å². The summed E-state index contributed by atoms with van der Waals surface area (Å²) in [6.07, 6.45) is -5.25. The lowest BCUT2D eigenvalue weighted by atomic mass is 10.1. The van der Waals surface area contributed by atoms with Crippen LogP contribution in [0.3, 0.4) is 0 Å². The van der Waals surface area contributed by atoms with E-state index in [9.17, 15) is 22.8 Å². The van der Waals surface area contributed by atoms with Crippen molar-refractivity contribution < 1.29 is 37.0 Å². The highest BCUT2D eigenvalue weighted by Gasteiger charge is 2.34. The molecule has 6 nitrogen and oxygen atoms in total. The second kappa shape index (κ2) is 8.42. The number of carbonyl (C=O) groups excluding carboxylic acids is 2. The number of para-hydroxylation sites is 1. The third kappa shape index (κ3) is 4.98. The predicted octanol–water partition coefficient (Wildman–Crippen LogP) is 4.05. The lowest BCUT2D eigenvalue weighted by molar-refractivity contribution is -0.137. The summed E-state index contributed by atoms with van der Waals surface area (Å²) in [4.78, 5) is 24.6. The smallest absolute Gasteiger partial charge is 0.418 e. The average molecular weight is 409 g/mol. The van der Waals surface area contributed by atoms with Gasteiger partial charge in [-0.2, -0.15) is 13.2 Å². The van der Waals surface area contributed by atoms with E-state index < -0.39 is 35.4 Å². The molecule has 1 unspecified atom stereocenters. The van der Waals surface area contributed by atoms with E-state index in [2.05, 4.69) is 5.32 Å². The van der Waals surface area contributed by atoms with Crippen molar-refractivity contribution in [3.63, 3.8) is 0 Å². The molecule has 0 aliphatic carbocycles. The molecule has 1 amide bonds. The largest absolute Gasteiger partial charge is 0.490 e. The summed E-state index contributed by atoms with van der Waals surface area (Å²) in [5.74, 6) is -0.821. The molecule has 1 aliphatic rings. The zero-order chi connectivity index (χ0) is 21.0. The van der Waals surface area contributed by atoms with E-state index in [0.29, 0.717) is 31.1 Å². The maximum Gasteiger partial charge on any atom is 0.418 e. The molecular formula is C20H18F3NO5. The summed E-state index contributed by atoms with van der Waals surface area (Å²) in [7, 11) is 0. The van der Waals surface area contributed by atoms with Crippen molar-refractivity contribution in [1.29, 1.82) is 0 Å². The van der Waals surface area contributed by atoms with E-state index >= 15 is 0 Å². The molecule has 0 spiro atoms. The molecule has 0 saturated carbocycles. The molecule has 2 aromatic rings. The van der Waals surface area contributed by atoms with Gasteiger partial charge in [0.15, 0.2) is 17.6 Å². The fourth-order valence-electron chi connectivity index (χ4n) is 2.65. The number of hydrogen-bond donors (Lipinski definition) is 1. The van der Waals surface area contributed by atoms with Gasteiger partial charge in [0, 0.05) is 6.42 Å². The summed E-state index contributed by atoms with van der Waals surface area (Å²) in [6.45, 7) is 2.20. The van der Waals surface area contributed by atoms with E-state index in [0.717, 1.165) is 12.1 Å². The fourth-order valence-corrected chi connectivity index (χ4v) is 2.65. The second-order valence-corrected chi connectivity index (χ2v) is 6.29. The molecule has 2 aromatic carbocycles. The summed E-state index contributed by atoms with van der Waals surface area (Å²) in [5.41, 5.74) is -1.28. The quantitative estimate of drug-likeness (QED) is 0.772. The van der Waals surface area contributed by atoms with Crippen molar-refractivity contribution in [3.8, 4) is 11.5 Å². The molecule has 0 bridgehead atoms. The van der Waals surface area contributed by atoms with Gasteiger partial charge in [0.25, 0.3) is 5.91 Å². The van der Waals surface area contributed by atoms with Crippen molar-refractivity contribution in [2.75, 3.05) is 18.5 Å². The SMILES string of the molecule is CC(OC(=O)c1ccc2c(c1)OCCCO2)C(=O)Nc1ccccc1C(F)(F)F. The van der Waals surface area contributed by atoms with Crippen LogP contribution in [0.25, 0.3) is 0 Å². The van der Waals surface area contributed by atoms with Crippen molar-refractivity contribution in [1.82, 2.24) is 0 Å². The van der Waals surface area contributed by atoms with Crippen LogP contribution in [0.1, 0.15) is 29.3 Å². The summed E-state index contributed by atoms with van der Waals surface area (Å²) >= 11 is 0. The highest BCUT2D eigenvalue weighted by Crippen LogP contribution is 2.34.